The molecular formula is C14H18ClNO2. The first-order valence-electron chi connectivity index (χ1n) is 6.33. The van der Waals surface area contributed by atoms with E-state index in [9.17, 15) is 4.79 Å². The second-order valence-corrected chi connectivity index (χ2v) is 5.04. The van der Waals surface area contributed by atoms with Gasteiger partial charge < -0.3 is 10.1 Å². The number of hydrogen-bond acceptors (Lipinski definition) is 2. The van der Waals surface area contributed by atoms with Gasteiger partial charge in [0.15, 0.2) is 0 Å². The maximum Gasteiger partial charge on any atom is 0.224 e. The average molecular weight is 268 g/mol. The third-order valence-corrected chi connectivity index (χ3v) is 3.61. The van der Waals surface area contributed by atoms with Gasteiger partial charge in [-0.05, 0) is 30.4 Å². The molecule has 0 atom stereocenters. The van der Waals surface area contributed by atoms with Crippen LogP contribution in [-0.4, -0.2) is 25.7 Å². The molecule has 4 heteroatoms. The third kappa shape index (κ3) is 4.00. The van der Waals surface area contributed by atoms with Crippen LogP contribution in [0.4, 0.5) is 0 Å². The van der Waals surface area contributed by atoms with E-state index in [1.807, 2.05) is 24.3 Å². The molecule has 1 fully saturated rings. The highest BCUT2D eigenvalue weighted by Crippen LogP contribution is 2.16. The Kier molecular flexibility index (Phi) is 5.02. The summed E-state index contributed by atoms with van der Waals surface area (Å²) in [6.45, 7) is 2.36. The molecule has 3 nitrogen and oxygen atoms in total. The van der Waals surface area contributed by atoms with E-state index >= 15 is 0 Å². The van der Waals surface area contributed by atoms with Gasteiger partial charge in [0.2, 0.25) is 5.91 Å². The van der Waals surface area contributed by atoms with Gasteiger partial charge in [0.25, 0.3) is 0 Å². The fraction of sp³-hybridized carbons (Fsp3) is 0.500. The SMILES string of the molecule is O=C(Cc1ccccc1Cl)NCC1CCOCC1. The van der Waals surface area contributed by atoms with Crippen molar-refractivity contribution in [3.05, 3.63) is 34.9 Å². The van der Waals surface area contributed by atoms with Gasteiger partial charge in [0, 0.05) is 24.8 Å². The molecule has 1 saturated heterocycles. The second-order valence-electron chi connectivity index (χ2n) is 4.63. The topological polar surface area (TPSA) is 38.3 Å². The Labute approximate surface area is 112 Å². The molecule has 1 N–H and O–H groups in total. The van der Waals surface area contributed by atoms with Crippen LogP contribution in [0.2, 0.25) is 5.02 Å². The highest BCUT2D eigenvalue weighted by Gasteiger charge is 2.15. The second kappa shape index (κ2) is 6.76. The predicted molar refractivity (Wildman–Crippen MR) is 71.7 cm³/mol. The van der Waals surface area contributed by atoms with Crippen LogP contribution in [0.1, 0.15) is 18.4 Å². The fourth-order valence-electron chi connectivity index (χ4n) is 2.09. The summed E-state index contributed by atoms with van der Waals surface area (Å²) in [6.07, 6.45) is 2.42. The highest BCUT2D eigenvalue weighted by molar-refractivity contribution is 6.31. The van der Waals surface area contributed by atoms with Gasteiger partial charge in [-0.15, -0.1) is 0 Å². The average Bonchev–Trinajstić information content (AvgIpc) is 2.40. The van der Waals surface area contributed by atoms with Crippen molar-refractivity contribution >= 4 is 17.5 Å². The summed E-state index contributed by atoms with van der Waals surface area (Å²) in [5.41, 5.74) is 0.878. The Balaban J connectivity index is 1.76. The van der Waals surface area contributed by atoms with Crippen LogP contribution in [0.3, 0.4) is 0 Å². The van der Waals surface area contributed by atoms with Crippen LogP contribution in [0.25, 0.3) is 0 Å². The van der Waals surface area contributed by atoms with Crippen LogP contribution in [0, 0.1) is 5.92 Å². The molecule has 1 aromatic carbocycles. The molecule has 0 unspecified atom stereocenters. The number of rotatable bonds is 4. The first-order valence-corrected chi connectivity index (χ1v) is 6.71. The summed E-state index contributed by atoms with van der Waals surface area (Å²) < 4.78 is 5.29. The molecule has 1 aliphatic rings. The van der Waals surface area contributed by atoms with Gasteiger partial charge in [0.1, 0.15) is 0 Å². The number of amides is 1. The highest BCUT2D eigenvalue weighted by atomic mass is 35.5. The Bertz CT molecular complexity index is 403. The zero-order chi connectivity index (χ0) is 12.8. The van der Waals surface area contributed by atoms with Crippen molar-refractivity contribution in [2.75, 3.05) is 19.8 Å². The van der Waals surface area contributed by atoms with E-state index in [-0.39, 0.29) is 5.91 Å². The number of carbonyl (C=O) groups is 1. The molecule has 0 spiro atoms. The maximum atomic E-state index is 11.8. The monoisotopic (exact) mass is 267 g/mol. The van der Waals surface area contributed by atoms with Crippen molar-refractivity contribution < 1.29 is 9.53 Å². The van der Waals surface area contributed by atoms with Gasteiger partial charge in [-0.2, -0.15) is 0 Å². The summed E-state index contributed by atoms with van der Waals surface area (Å²) in [5.74, 6) is 0.587. The molecule has 0 aliphatic carbocycles. The molecule has 0 aromatic heterocycles. The largest absolute Gasteiger partial charge is 0.381 e. The van der Waals surface area contributed by atoms with Crippen LogP contribution in [-0.2, 0) is 16.0 Å². The number of ether oxygens (including phenoxy) is 1. The maximum absolute atomic E-state index is 11.8. The Hall–Kier alpha value is -1.06. The van der Waals surface area contributed by atoms with Gasteiger partial charge in [-0.1, -0.05) is 29.8 Å². The normalized spacial score (nSPS) is 16.5. The Morgan fingerprint density at radius 2 is 2.06 bits per heavy atom. The minimum Gasteiger partial charge on any atom is -0.381 e. The molecule has 0 radical (unpaired) electrons. The number of halogens is 1. The van der Waals surface area contributed by atoms with Gasteiger partial charge in [-0.3, -0.25) is 4.79 Å². The summed E-state index contributed by atoms with van der Waals surface area (Å²) in [5, 5.41) is 3.63. The summed E-state index contributed by atoms with van der Waals surface area (Å²) in [4.78, 5) is 11.8. The zero-order valence-corrected chi connectivity index (χ0v) is 11.1. The number of nitrogens with one attached hydrogen (secondary N) is 1. The van der Waals surface area contributed by atoms with Crippen molar-refractivity contribution in [2.24, 2.45) is 5.92 Å². The summed E-state index contributed by atoms with van der Waals surface area (Å²) in [7, 11) is 0. The molecule has 0 saturated carbocycles. The lowest BCUT2D eigenvalue weighted by Crippen LogP contribution is -2.33. The predicted octanol–water partition coefficient (Wildman–Crippen LogP) is 2.43. The van der Waals surface area contributed by atoms with Crippen LogP contribution in [0.5, 0.6) is 0 Å². The van der Waals surface area contributed by atoms with Crippen LogP contribution < -0.4 is 5.32 Å². The molecule has 1 aliphatic heterocycles. The van der Waals surface area contributed by atoms with Crippen molar-refractivity contribution in [1.29, 1.82) is 0 Å². The quantitative estimate of drug-likeness (QED) is 0.910. The van der Waals surface area contributed by atoms with E-state index in [2.05, 4.69) is 5.32 Å². The zero-order valence-electron chi connectivity index (χ0n) is 10.3. The van der Waals surface area contributed by atoms with E-state index < -0.39 is 0 Å². The fourth-order valence-corrected chi connectivity index (χ4v) is 2.29. The number of hydrogen-bond donors (Lipinski definition) is 1. The van der Waals surface area contributed by atoms with Crippen LogP contribution >= 0.6 is 11.6 Å². The lowest BCUT2D eigenvalue weighted by Gasteiger charge is -2.22. The van der Waals surface area contributed by atoms with E-state index in [1.54, 1.807) is 0 Å². The minimum atomic E-state index is 0.0367. The van der Waals surface area contributed by atoms with E-state index in [0.29, 0.717) is 17.4 Å². The summed E-state index contributed by atoms with van der Waals surface area (Å²) in [6, 6.07) is 7.46. The van der Waals surface area contributed by atoms with Crippen LogP contribution in [0.15, 0.2) is 24.3 Å². The van der Waals surface area contributed by atoms with E-state index in [1.165, 1.54) is 0 Å². The smallest absolute Gasteiger partial charge is 0.224 e. The molecule has 1 heterocycles. The first kappa shape index (κ1) is 13.4. The van der Waals surface area contributed by atoms with Gasteiger partial charge in [0.05, 0.1) is 6.42 Å². The van der Waals surface area contributed by atoms with Crippen molar-refractivity contribution in [3.8, 4) is 0 Å². The standard InChI is InChI=1S/C14H18ClNO2/c15-13-4-2-1-3-12(13)9-14(17)16-10-11-5-7-18-8-6-11/h1-4,11H,5-10H2,(H,16,17). The van der Waals surface area contributed by atoms with E-state index in [0.717, 1.165) is 38.2 Å². The summed E-state index contributed by atoms with van der Waals surface area (Å²) >= 11 is 6.02. The van der Waals surface area contributed by atoms with Gasteiger partial charge in [-0.25, -0.2) is 0 Å². The molecule has 0 bridgehead atoms. The third-order valence-electron chi connectivity index (χ3n) is 3.24. The lowest BCUT2D eigenvalue weighted by molar-refractivity contribution is -0.120. The Morgan fingerprint density at radius 3 is 2.78 bits per heavy atom. The van der Waals surface area contributed by atoms with Crippen molar-refractivity contribution in [3.63, 3.8) is 0 Å². The van der Waals surface area contributed by atoms with Crippen molar-refractivity contribution in [1.82, 2.24) is 5.32 Å². The number of benzene rings is 1. The molecule has 98 valence electrons. The van der Waals surface area contributed by atoms with Gasteiger partial charge >= 0.3 is 0 Å². The molecule has 18 heavy (non-hydrogen) atoms. The number of carbonyl (C=O) groups excluding carboxylic acids is 1. The molecule has 1 amide bonds. The molecule has 2 rings (SSSR count). The van der Waals surface area contributed by atoms with Crippen molar-refractivity contribution in [2.45, 2.75) is 19.3 Å². The lowest BCUT2D eigenvalue weighted by atomic mass is 10.0. The Morgan fingerprint density at radius 1 is 1.33 bits per heavy atom. The molecule has 1 aromatic rings. The first-order chi connectivity index (χ1) is 8.75. The minimum absolute atomic E-state index is 0.0367. The molecular weight excluding hydrogens is 250 g/mol. The van der Waals surface area contributed by atoms with E-state index in [4.69, 9.17) is 16.3 Å².